The number of cyclic esters (lactones) is 1. The van der Waals surface area contributed by atoms with Crippen LogP contribution in [0.25, 0.3) is 0 Å². The maximum absolute atomic E-state index is 12.5. The third kappa shape index (κ3) is 4.70. The van der Waals surface area contributed by atoms with Crippen molar-refractivity contribution in [2.24, 2.45) is 5.41 Å². The van der Waals surface area contributed by atoms with Gasteiger partial charge in [-0.05, 0) is 24.8 Å². The first-order valence-corrected chi connectivity index (χ1v) is 10.9. The van der Waals surface area contributed by atoms with E-state index in [2.05, 4.69) is 9.97 Å². The highest BCUT2D eigenvalue weighted by atomic mass is 16.6. The van der Waals surface area contributed by atoms with Gasteiger partial charge in [0, 0.05) is 24.4 Å². The minimum Gasteiger partial charge on any atom is -0.447 e. The largest absolute Gasteiger partial charge is 0.447 e. The second-order valence-electron chi connectivity index (χ2n) is 9.41. The zero-order valence-electron chi connectivity index (χ0n) is 18.5. The molecule has 0 spiro atoms. The van der Waals surface area contributed by atoms with Crippen LogP contribution in [-0.2, 0) is 16.0 Å². The Bertz CT molecular complexity index is 916. The standard InChI is InChI=1S/C24H30N4O3/c1-24(2,3)22(29)27-11-9-18(10-12-27)20-14-26-21(15-25-20)28-19(16-31-23(28)30)13-17-7-5-4-6-8-17/h4-8,14-15,18-19H,9-13,16H2,1-3H3/t19-/m0/s1. The molecule has 1 aromatic heterocycles. The Morgan fingerprint density at radius 2 is 1.81 bits per heavy atom. The molecule has 2 amide bonds. The molecule has 1 aromatic carbocycles. The molecule has 4 rings (SSSR count). The lowest BCUT2D eigenvalue weighted by atomic mass is 9.90. The maximum atomic E-state index is 12.5. The molecule has 0 radical (unpaired) electrons. The number of benzene rings is 1. The number of nitrogens with zero attached hydrogens (tertiary/aromatic N) is 4. The zero-order chi connectivity index (χ0) is 22.0. The molecule has 0 aliphatic carbocycles. The minimum absolute atomic E-state index is 0.0956. The van der Waals surface area contributed by atoms with Crippen LogP contribution in [-0.4, -0.2) is 52.6 Å². The van der Waals surface area contributed by atoms with Crippen LogP contribution in [0.4, 0.5) is 10.6 Å². The monoisotopic (exact) mass is 422 g/mol. The first-order valence-electron chi connectivity index (χ1n) is 10.9. The van der Waals surface area contributed by atoms with Gasteiger partial charge in [0.15, 0.2) is 5.82 Å². The molecule has 7 heteroatoms. The molecule has 0 unspecified atom stereocenters. The number of anilines is 1. The van der Waals surface area contributed by atoms with E-state index < -0.39 is 0 Å². The fourth-order valence-electron chi connectivity index (χ4n) is 4.30. The van der Waals surface area contributed by atoms with Crippen LogP contribution in [0.3, 0.4) is 0 Å². The van der Waals surface area contributed by atoms with Crippen molar-refractivity contribution >= 4 is 17.8 Å². The molecule has 2 aliphatic rings. The fourth-order valence-corrected chi connectivity index (χ4v) is 4.30. The second kappa shape index (κ2) is 8.65. The van der Waals surface area contributed by atoms with Gasteiger partial charge in [0.2, 0.25) is 5.91 Å². The normalized spacial score (nSPS) is 20.1. The second-order valence-corrected chi connectivity index (χ2v) is 9.41. The molecule has 2 aliphatic heterocycles. The summed E-state index contributed by atoms with van der Waals surface area (Å²) in [7, 11) is 0. The summed E-state index contributed by atoms with van der Waals surface area (Å²) < 4.78 is 5.29. The molecule has 2 fully saturated rings. The van der Waals surface area contributed by atoms with Crippen LogP contribution < -0.4 is 4.90 Å². The molecule has 1 atom stereocenters. The molecule has 0 bridgehead atoms. The number of piperidine rings is 1. The van der Waals surface area contributed by atoms with Crippen molar-refractivity contribution < 1.29 is 14.3 Å². The summed E-state index contributed by atoms with van der Waals surface area (Å²) in [6.07, 6.45) is 5.52. The fraction of sp³-hybridized carbons (Fsp3) is 0.500. The van der Waals surface area contributed by atoms with Crippen LogP contribution in [0.5, 0.6) is 0 Å². The van der Waals surface area contributed by atoms with E-state index >= 15 is 0 Å². The average molecular weight is 423 g/mol. The number of carbonyl (C=O) groups is 2. The van der Waals surface area contributed by atoms with Gasteiger partial charge in [-0.3, -0.25) is 14.7 Å². The Morgan fingerprint density at radius 1 is 1.10 bits per heavy atom. The molecule has 164 valence electrons. The molecule has 31 heavy (non-hydrogen) atoms. The van der Waals surface area contributed by atoms with Crippen LogP contribution in [0.2, 0.25) is 0 Å². The summed E-state index contributed by atoms with van der Waals surface area (Å²) in [6, 6.07) is 9.96. The predicted octanol–water partition coefficient (Wildman–Crippen LogP) is 3.80. The summed E-state index contributed by atoms with van der Waals surface area (Å²) in [5, 5.41) is 0. The number of rotatable bonds is 4. The summed E-state index contributed by atoms with van der Waals surface area (Å²) in [4.78, 5) is 37.6. The summed E-state index contributed by atoms with van der Waals surface area (Å²) in [6.45, 7) is 7.70. The molecule has 0 saturated carbocycles. The van der Waals surface area contributed by atoms with Crippen LogP contribution in [0.1, 0.15) is 50.8 Å². The lowest BCUT2D eigenvalue weighted by Crippen LogP contribution is -2.43. The lowest BCUT2D eigenvalue weighted by molar-refractivity contribution is -0.140. The van der Waals surface area contributed by atoms with Crippen LogP contribution in [0.15, 0.2) is 42.7 Å². The average Bonchev–Trinajstić information content (AvgIpc) is 3.13. The number of hydrogen-bond donors (Lipinski definition) is 0. The van der Waals surface area contributed by atoms with E-state index in [-0.39, 0.29) is 29.4 Å². The number of carbonyl (C=O) groups excluding carboxylic acids is 2. The van der Waals surface area contributed by atoms with Crippen molar-refractivity contribution in [3.05, 3.63) is 54.0 Å². The summed E-state index contributed by atoms with van der Waals surface area (Å²) >= 11 is 0. The molecule has 2 aromatic rings. The Labute approximate surface area is 183 Å². The van der Waals surface area contributed by atoms with Crippen molar-refractivity contribution in [2.45, 2.75) is 52.0 Å². The predicted molar refractivity (Wildman–Crippen MR) is 118 cm³/mol. The zero-order valence-corrected chi connectivity index (χ0v) is 18.5. The van der Waals surface area contributed by atoms with Crippen molar-refractivity contribution in [1.29, 1.82) is 0 Å². The summed E-state index contributed by atoms with van der Waals surface area (Å²) in [5.74, 6) is 0.994. The van der Waals surface area contributed by atoms with Gasteiger partial charge in [0.25, 0.3) is 0 Å². The van der Waals surface area contributed by atoms with E-state index in [9.17, 15) is 9.59 Å². The number of ether oxygens (including phenoxy) is 1. The molecular formula is C24H30N4O3. The van der Waals surface area contributed by atoms with Gasteiger partial charge in [-0.1, -0.05) is 51.1 Å². The number of likely N-dealkylation sites (tertiary alicyclic amines) is 1. The third-order valence-corrected chi connectivity index (χ3v) is 6.02. The van der Waals surface area contributed by atoms with Crippen molar-refractivity contribution in [3.8, 4) is 0 Å². The quantitative estimate of drug-likeness (QED) is 0.749. The number of aromatic nitrogens is 2. The third-order valence-electron chi connectivity index (χ3n) is 6.02. The minimum atomic E-state index is -0.378. The van der Waals surface area contributed by atoms with Crippen LogP contribution in [0, 0.1) is 5.41 Å². The molecule has 7 nitrogen and oxygen atoms in total. The van der Waals surface area contributed by atoms with Gasteiger partial charge in [0.1, 0.15) is 6.61 Å². The van der Waals surface area contributed by atoms with Gasteiger partial charge in [-0.2, -0.15) is 0 Å². The van der Waals surface area contributed by atoms with E-state index in [0.717, 1.165) is 37.2 Å². The number of hydrogen-bond acceptors (Lipinski definition) is 5. The van der Waals surface area contributed by atoms with E-state index in [1.54, 1.807) is 17.3 Å². The van der Waals surface area contributed by atoms with E-state index in [1.165, 1.54) is 0 Å². The molecule has 0 N–H and O–H groups in total. The SMILES string of the molecule is CC(C)(C)C(=O)N1CCC(c2cnc(N3C(=O)OC[C@@H]3Cc3ccccc3)cn2)CC1. The lowest BCUT2D eigenvalue weighted by Gasteiger charge is -2.35. The summed E-state index contributed by atoms with van der Waals surface area (Å²) in [5.41, 5.74) is 1.71. The number of amides is 2. The van der Waals surface area contributed by atoms with Crippen molar-refractivity contribution in [3.63, 3.8) is 0 Å². The smallest absolute Gasteiger partial charge is 0.415 e. The molecule has 2 saturated heterocycles. The first kappa shape index (κ1) is 21.3. The van der Waals surface area contributed by atoms with Crippen molar-refractivity contribution in [2.75, 3.05) is 24.6 Å². The van der Waals surface area contributed by atoms with Gasteiger partial charge in [-0.25, -0.2) is 9.78 Å². The van der Waals surface area contributed by atoms with E-state index in [1.807, 2.05) is 56.0 Å². The Morgan fingerprint density at radius 3 is 2.42 bits per heavy atom. The van der Waals surface area contributed by atoms with Gasteiger partial charge in [-0.15, -0.1) is 0 Å². The van der Waals surface area contributed by atoms with Gasteiger partial charge in [0.05, 0.1) is 24.1 Å². The highest BCUT2D eigenvalue weighted by Gasteiger charge is 2.36. The topological polar surface area (TPSA) is 75.6 Å². The Hall–Kier alpha value is -2.96. The first-order chi connectivity index (χ1) is 14.8. The van der Waals surface area contributed by atoms with Crippen LogP contribution >= 0.6 is 0 Å². The maximum Gasteiger partial charge on any atom is 0.415 e. The Balaban J connectivity index is 1.41. The van der Waals surface area contributed by atoms with E-state index in [0.29, 0.717) is 18.8 Å². The van der Waals surface area contributed by atoms with Crippen molar-refractivity contribution in [1.82, 2.24) is 14.9 Å². The molecular weight excluding hydrogens is 392 g/mol. The molecule has 3 heterocycles. The van der Waals surface area contributed by atoms with Gasteiger partial charge < -0.3 is 9.64 Å². The van der Waals surface area contributed by atoms with Gasteiger partial charge >= 0.3 is 6.09 Å². The van der Waals surface area contributed by atoms with E-state index in [4.69, 9.17) is 4.74 Å². The highest BCUT2D eigenvalue weighted by Crippen LogP contribution is 2.30. The Kier molecular flexibility index (Phi) is 5.94. The highest BCUT2D eigenvalue weighted by molar-refractivity contribution is 5.89.